The third-order valence-electron chi connectivity index (χ3n) is 3.98. The van der Waals surface area contributed by atoms with Crippen LogP contribution in [0.15, 0.2) is 16.9 Å². The fourth-order valence-electron chi connectivity index (χ4n) is 3.04. The summed E-state index contributed by atoms with van der Waals surface area (Å²) in [5.74, 6) is 0. The summed E-state index contributed by atoms with van der Waals surface area (Å²) in [5.41, 5.74) is 2.59. The lowest BCUT2D eigenvalue weighted by atomic mass is 9.90. The molecule has 1 aliphatic carbocycles. The zero-order valence-electron chi connectivity index (χ0n) is 12.2. The summed E-state index contributed by atoms with van der Waals surface area (Å²) in [6.07, 6.45) is 5.61. The summed E-state index contributed by atoms with van der Waals surface area (Å²) >= 11 is 0. The van der Waals surface area contributed by atoms with Crippen LogP contribution in [0.4, 0.5) is 0 Å². The highest BCUT2D eigenvalue weighted by molar-refractivity contribution is 5.27. The van der Waals surface area contributed by atoms with E-state index in [4.69, 9.17) is 5.26 Å². The van der Waals surface area contributed by atoms with Gasteiger partial charge in [-0.15, -0.1) is 0 Å². The highest BCUT2D eigenvalue weighted by atomic mass is 16.1. The first-order valence-electron chi connectivity index (χ1n) is 7.61. The van der Waals surface area contributed by atoms with Crippen LogP contribution in [0.3, 0.4) is 0 Å². The average molecular weight is 273 g/mol. The van der Waals surface area contributed by atoms with E-state index >= 15 is 0 Å². The van der Waals surface area contributed by atoms with E-state index in [0.717, 1.165) is 45.2 Å². The van der Waals surface area contributed by atoms with Gasteiger partial charge in [-0.3, -0.25) is 4.79 Å². The molecule has 1 heterocycles. The number of hydrogen-bond acceptors (Lipinski definition) is 3. The first-order chi connectivity index (χ1) is 9.77. The lowest BCUT2D eigenvalue weighted by molar-refractivity contribution is 0.445. The van der Waals surface area contributed by atoms with Crippen molar-refractivity contribution in [3.63, 3.8) is 0 Å². The zero-order chi connectivity index (χ0) is 14.4. The van der Waals surface area contributed by atoms with E-state index in [9.17, 15) is 4.79 Å². The molecule has 0 amide bonds. The van der Waals surface area contributed by atoms with Crippen LogP contribution in [0, 0.1) is 11.3 Å². The smallest absolute Gasteiger partial charge is 0.250 e. The second-order valence-corrected chi connectivity index (χ2v) is 5.34. The van der Waals surface area contributed by atoms with Crippen LogP contribution in [0.5, 0.6) is 0 Å². The summed E-state index contributed by atoms with van der Waals surface area (Å²) in [6, 6.07) is 6.23. The molecule has 0 fully saturated rings. The van der Waals surface area contributed by atoms with Crippen LogP contribution in [0.25, 0.3) is 0 Å². The van der Waals surface area contributed by atoms with Crippen LogP contribution < -0.4 is 10.9 Å². The van der Waals surface area contributed by atoms with E-state index in [0.29, 0.717) is 12.5 Å². The molecule has 108 valence electrons. The number of unbranched alkanes of at least 4 members (excludes halogenated alkanes) is 2. The lowest BCUT2D eigenvalue weighted by Gasteiger charge is -2.28. The Morgan fingerprint density at radius 1 is 1.45 bits per heavy atom. The summed E-state index contributed by atoms with van der Waals surface area (Å²) < 4.78 is 1.93. The van der Waals surface area contributed by atoms with Gasteiger partial charge in [0.25, 0.3) is 5.56 Å². The van der Waals surface area contributed by atoms with Gasteiger partial charge in [0.1, 0.15) is 0 Å². The molecule has 4 heteroatoms. The largest absolute Gasteiger partial charge is 0.312 e. The lowest BCUT2D eigenvalue weighted by Crippen LogP contribution is -2.31. The number of rotatable bonds is 6. The first-order valence-corrected chi connectivity index (χ1v) is 7.61. The van der Waals surface area contributed by atoms with Gasteiger partial charge in [0, 0.05) is 30.8 Å². The molecule has 0 bridgehead atoms. The normalized spacial score (nSPS) is 17.5. The van der Waals surface area contributed by atoms with E-state index in [-0.39, 0.29) is 5.56 Å². The van der Waals surface area contributed by atoms with Gasteiger partial charge in [-0.1, -0.05) is 13.0 Å². The predicted octanol–water partition coefficient (Wildman–Crippen LogP) is 2.53. The van der Waals surface area contributed by atoms with Crippen LogP contribution in [0.2, 0.25) is 0 Å². The fraction of sp³-hybridized carbons (Fsp3) is 0.625. The van der Waals surface area contributed by atoms with Gasteiger partial charge in [0.05, 0.1) is 6.07 Å². The molecule has 0 saturated carbocycles. The highest BCUT2D eigenvalue weighted by Gasteiger charge is 2.22. The number of aromatic nitrogens is 1. The molecule has 1 aromatic rings. The summed E-state index contributed by atoms with van der Waals surface area (Å²) in [4.78, 5) is 12.1. The average Bonchev–Trinajstić information content (AvgIpc) is 2.46. The van der Waals surface area contributed by atoms with Crippen molar-refractivity contribution >= 4 is 0 Å². The topological polar surface area (TPSA) is 57.8 Å². The molecular weight excluding hydrogens is 250 g/mol. The number of nitrogens with one attached hydrogen (secondary N) is 1. The molecule has 1 atom stereocenters. The van der Waals surface area contributed by atoms with Gasteiger partial charge in [0.15, 0.2) is 0 Å². The predicted molar refractivity (Wildman–Crippen MR) is 79.5 cm³/mol. The standard InChI is InChI=1S/C16H23N3O/c1-2-18-14-7-6-8-15-13(14)9-10-16(20)19(15)12-5-3-4-11-17/h9-10,14,18H,2-8,12H2,1H3. The second-order valence-electron chi connectivity index (χ2n) is 5.34. The van der Waals surface area contributed by atoms with Gasteiger partial charge in [-0.05, 0) is 44.2 Å². The molecule has 2 rings (SSSR count). The minimum atomic E-state index is 0.0952. The van der Waals surface area contributed by atoms with Crippen molar-refractivity contribution in [1.29, 1.82) is 5.26 Å². The summed E-state index contributed by atoms with van der Waals surface area (Å²) in [6.45, 7) is 3.81. The van der Waals surface area contributed by atoms with E-state index in [2.05, 4.69) is 18.3 Å². The molecule has 0 aromatic carbocycles. The van der Waals surface area contributed by atoms with Crippen molar-refractivity contribution in [3.8, 4) is 6.07 Å². The minimum Gasteiger partial charge on any atom is -0.312 e. The second kappa shape index (κ2) is 7.25. The minimum absolute atomic E-state index is 0.0952. The van der Waals surface area contributed by atoms with Crippen LogP contribution in [0.1, 0.15) is 56.3 Å². The van der Waals surface area contributed by atoms with E-state index in [1.54, 1.807) is 6.07 Å². The summed E-state index contributed by atoms with van der Waals surface area (Å²) in [7, 11) is 0. The number of nitrogens with zero attached hydrogens (tertiary/aromatic N) is 2. The Morgan fingerprint density at radius 3 is 3.05 bits per heavy atom. The van der Waals surface area contributed by atoms with Crippen LogP contribution in [-0.4, -0.2) is 11.1 Å². The van der Waals surface area contributed by atoms with Crippen molar-refractivity contribution in [3.05, 3.63) is 33.7 Å². The number of hydrogen-bond donors (Lipinski definition) is 1. The SMILES string of the molecule is CCNC1CCCc2c1ccc(=O)n2CCCCC#N. The zero-order valence-corrected chi connectivity index (χ0v) is 12.2. The van der Waals surface area contributed by atoms with Crippen molar-refractivity contribution in [2.45, 2.75) is 58.0 Å². The van der Waals surface area contributed by atoms with Crippen LogP contribution >= 0.6 is 0 Å². The molecule has 1 aromatic heterocycles. The van der Waals surface area contributed by atoms with Crippen molar-refractivity contribution in [2.24, 2.45) is 0 Å². The molecular formula is C16H23N3O. The van der Waals surface area contributed by atoms with E-state index < -0.39 is 0 Å². The van der Waals surface area contributed by atoms with Gasteiger partial charge in [-0.2, -0.15) is 5.26 Å². The summed E-state index contributed by atoms with van der Waals surface area (Å²) in [5, 5.41) is 12.1. The maximum Gasteiger partial charge on any atom is 0.250 e. The van der Waals surface area contributed by atoms with Gasteiger partial charge in [-0.25, -0.2) is 0 Å². The van der Waals surface area contributed by atoms with Gasteiger partial charge < -0.3 is 9.88 Å². The maximum atomic E-state index is 12.1. The van der Waals surface area contributed by atoms with Gasteiger partial charge >= 0.3 is 0 Å². The Hall–Kier alpha value is -1.60. The quantitative estimate of drug-likeness (QED) is 0.810. The third kappa shape index (κ3) is 3.29. The molecule has 1 aliphatic rings. The Labute approximate surface area is 120 Å². The van der Waals surface area contributed by atoms with Crippen molar-refractivity contribution in [1.82, 2.24) is 9.88 Å². The Balaban J connectivity index is 2.21. The molecule has 0 saturated heterocycles. The first kappa shape index (κ1) is 14.8. The third-order valence-corrected chi connectivity index (χ3v) is 3.98. The van der Waals surface area contributed by atoms with E-state index in [1.165, 1.54) is 11.3 Å². The van der Waals surface area contributed by atoms with E-state index in [1.807, 2.05) is 10.6 Å². The molecule has 20 heavy (non-hydrogen) atoms. The number of fused-ring (bicyclic) bond motifs is 1. The van der Waals surface area contributed by atoms with Crippen LogP contribution in [-0.2, 0) is 13.0 Å². The van der Waals surface area contributed by atoms with Crippen molar-refractivity contribution < 1.29 is 0 Å². The number of nitriles is 1. The molecule has 1 unspecified atom stereocenters. The molecule has 4 nitrogen and oxygen atoms in total. The molecule has 0 aliphatic heterocycles. The Morgan fingerprint density at radius 2 is 2.30 bits per heavy atom. The highest BCUT2D eigenvalue weighted by Crippen LogP contribution is 2.28. The fourth-order valence-corrected chi connectivity index (χ4v) is 3.04. The number of pyridine rings is 1. The molecule has 1 N–H and O–H groups in total. The Kier molecular flexibility index (Phi) is 5.37. The molecule has 0 spiro atoms. The molecule has 0 radical (unpaired) electrons. The monoisotopic (exact) mass is 273 g/mol. The Bertz CT molecular complexity index is 542. The van der Waals surface area contributed by atoms with Crippen molar-refractivity contribution in [2.75, 3.05) is 6.54 Å². The van der Waals surface area contributed by atoms with Gasteiger partial charge in [0.2, 0.25) is 0 Å². The maximum absolute atomic E-state index is 12.1.